The van der Waals surface area contributed by atoms with E-state index in [1.165, 1.54) is 23.9 Å². The first-order valence-electron chi connectivity index (χ1n) is 9.18. The van der Waals surface area contributed by atoms with E-state index in [2.05, 4.69) is 24.4 Å². The summed E-state index contributed by atoms with van der Waals surface area (Å²) in [5.74, 6) is 1.28. The lowest BCUT2D eigenvalue weighted by molar-refractivity contribution is -0.281. The number of nitrogens with one attached hydrogen (secondary N) is 1. The first-order chi connectivity index (χ1) is 14.4. The number of benzene rings is 1. The van der Waals surface area contributed by atoms with Gasteiger partial charge in [-0.2, -0.15) is 13.2 Å². The molecule has 1 unspecified atom stereocenters. The fourth-order valence-corrected chi connectivity index (χ4v) is 3.61. The summed E-state index contributed by atoms with van der Waals surface area (Å²) in [7, 11) is 0. The number of fused-ring (bicyclic) bond motifs is 2. The van der Waals surface area contributed by atoms with E-state index in [1.807, 2.05) is 13.8 Å². The molecule has 0 radical (unpaired) electrons. The Morgan fingerprint density at radius 2 is 1.90 bits per heavy atom. The summed E-state index contributed by atoms with van der Waals surface area (Å²) >= 11 is 1.36. The average Bonchev–Trinajstić information content (AvgIpc) is 3.09. The molecule has 30 heavy (non-hydrogen) atoms. The van der Waals surface area contributed by atoms with Crippen molar-refractivity contribution in [3.05, 3.63) is 30.1 Å². The zero-order chi connectivity index (χ0) is 21.3. The minimum Gasteiger partial charge on any atom is -0.490 e. The van der Waals surface area contributed by atoms with Gasteiger partial charge in [-0.25, -0.2) is 4.98 Å². The molecule has 1 aliphatic rings. The Morgan fingerprint density at radius 1 is 1.13 bits per heavy atom. The van der Waals surface area contributed by atoms with Crippen molar-refractivity contribution in [2.75, 3.05) is 13.2 Å². The third kappa shape index (κ3) is 4.07. The van der Waals surface area contributed by atoms with Gasteiger partial charge >= 0.3 is 12.5 Å². The maximum absolute atomic E-state index is 13.4. The number of ether oxygens (including phenoxy) is 4. The number of hydrogen-bond donors (Lipinski definition) is 1. The molecule has 0 amide bonds. The number of hydrogen-bond acceptors (Lipinski definition) is 7. The molecule has 11 heteroatoms. The molecular formula is C19H18F3N3O4S. The maximum Gasteiger partial charge on any atom is 0.468 e. The second-order valence-electron chi connectivity index (χ2n) is 6.23. The van der Waals surface area contributed by atoms with Gasteiger partial charge in [-0.05, 0) is 13.8 Å². The van der Waals surface area contributed by atoms with Gasteiger partial charge in [0.2, 0.25) is 0 Å². The molecule has 160 valence electrons. The van der Waals surface area contributed by atoms with Gasteiger partial charge in [0.05, 0.1) is 36.1 Å². The van der Waals surface area contributed by atoms with Gasteiger partial charge in [0.15, 0.2) is 28.2 Å². The number of thioether (sulfide) groups is 1. The smallest absolute Gasteiger partial charge is 0.468 e. The Hall–Kier alpha value is -2.82. The van der Waals surface area contributed by atoms with E-state index in [0.29, 0.717) is 46.7 Å². The second-order valence-corrected chi connectivity index (χ2v) is 7.20. The molecule has 3 aromatic rings. The molecule has 0 fully saturated rings. The lowest BCUT2D eigenvalue weighted by Gasteiger charge is -2.28. The van der Waals surface area contributed by atoms with E-state index in [0.717, 1.165) is 5.69 Å². The molecule has 0 spiro atoms. The molecule has 0 saturated heterocycles. The molecular weight excluding hydrogens is 423 g/mol. The molecule has 1 aromatic carbocycles. The standard InChI is InChI=1S/C19H18F3N3O4S/c1-3-26-13-5-10(23-8-16(13)27-4-2)9-30-18-24-11-6-14-15(7-12(11)25-18)29-19(21,22)17(20)28-14/h5-8,17H,3-4,9H2,1-2H3,(H,24,25). The van der Waals surface area contributed by atoms with Crippen LogP contribution in [0.5, 0.6) is 23.0 Å². The number of rotatable bonds is 7. The quantitative estimate of drug-likeness (QED) is 0.532. The van der Waals surface area contributed by atoms with Gasteiger partial charge in [-0.1, -0.05) is 11.8 Å². The molecule has 0 saturated carbocycles. The van der Waals surface area contributed by atoms with Crippen LogP contribution in [-0.4, -0.2) is 40.6 Å². The van der Waals surface area contributed by atoms with Crippen LogP contribution in [-0.2, 0) is 5.75 Å². The summed E-state index contributed by atoms with van der Waals surface area (Å²) in [5.41, 5.74) is 1.65. The first-order valence-corrected chi connectivity index (χ1v) is 10.2. The maximum atomic E-state index is 13.4. The van der Waals surface area contributed by atoms with Crippen molar-refractivity contribution in [3.63, 3.8) is 0 Å². The van der Waals surface area contributed by atoms with E-state index in [1.54, 1.807) is 12.3 Å². The number of H-pyrrole nitrogens is 1. The van der Waals surface area contributed by atoms with Gasteiger partial charge < -0.3 is 23.9 Å². The molecule has 3 heterocycles. The van der Waals surface area contributed by atoms with Crippen molar-refractivity contribution in [3.8, 4) is 23.0 Å². The fourth-order valence-electron chi connectivity index (χ4n) is 2.83. The van der Waals surface area contributed by atoms with Crippen LogP contribution in [0.2, 0.25) is 0 Å². The molecule has 7 nitrogen and oxygen atoms in total. The van der Waals surface area contributed by atoms with Crippen molar-refractivity contribution in [2.45, 2.75) is 37.2 Å². The number of alkyl halides is 3. The van der Waals surface area contributed by atoms with Gasteiger partial charge in [0.1, 0.15) is 0 Å². The number of halogens is 3. The number of nitrogens with zero attached hydrogens (tertiary/aromatic N) is 2. The zero-order valence-electron chi connectivity index (χ0n) is 16.1. The third-order valence-corrected chi connectivity index (χ3v) is 5.02. The summed E-state index contributed by atoms with van der Waals surface area (Å²) in [5, 5.41) is 0.532. The third-order valence-electron chi connectivity index (χ3n) is 4.11. The molecule has 4 rings (SSSR count). The van der Waals surface area contributed by atoms with Gasteiger partial charge in [0.25, 0.3) is 0 Å². The van der Waals surface area contributed by atoms with Crippen LogP contribution in [0.15, 0.2) is 29.6 Å². The topological polar surface area (TPSA) is 78.5 Å². The average molecular weight is 441 g/mol. The van der Waals surface area contributed by atoms with Crippen molar-refractivity contribution in [1.82, 2.24) is 15.0 Å². The highest BCUT2D eigenvalue weighted by molar-refractivity contribution is 7.98. The van der Waals surface area contributed by atoms with Crippen LogP contribution >= 0.6 is 11.8 Å². The molecule has 2 aromatic heterocycles. The summed E-state index contributed by atoms with van der Waals surface area (Å²) in [6.45, 7) is 4.76. The Balaban J connectivity index is 1.52. The molecule has 1 N–H and O–H groups in total. The Bertz CT molecular complexity index is 1060. The second kappa shape index (κ2) is 8.13. The number of imidazole rings is 1. The lowest BCUT2D eigenvalue weighted by atomic mass is 10.2. The van der Waals surface area contributed by atoms with Crippen molar-refractivity contribution < 1.29 is 32.1 Å². The van der Waals surface area contributed by atoms with Crippen LogP contribution < -0.4 is 18.9 Å². The van der Waals surface area contributed by atoms with Crippen LogP contribution in [0.4, 0.5) is 13.2 Å². The molecule has 1 atom stereocenters. The van der Waals surface area contributed by atoms with E-state index in [-0.39, 0.29) is 11.5 Å². The lowest BCUT2D eigenvalue weighted by Crippen LogP contribution is -2.43. The first kappa shape index (κ1) is 20.5. The Morgan fingerprint density at radius 3 is 2.67 bits per heavy atom. The fraction of sp³-hybridized carbons (Fsp3) is 0.368. The largest absolute Gasteiger partial charge is 0.490 e. The van der Waals surface area contributed by atoms with Crippen molar-refractivity contribution in [1.29, 1.82) is 0 Å². The minimum absolute atomic E-state index is 0.126. The zero-order valence-corrected chi connectivity index (χ0v) is 16.9. The number of aromatic amines is 1. The SMILES string of the molecule is CCOc1cnc(CSc2nc3cc4c(cc3[nH]2)OC(F)(F)C(F)O4)cc1OCC. The van der Waals surface area contributed by atoms with E-state index < -0.39 is 12.5 Å². The Labute approximate surface area is 173 Å². The van der Waals surface area contributed by atoms with Crippen molar-refractivity contribution >= 4 is 22.8 Å². The van der Waals surface area contributed by atoms with Gasteiger partial charge in [-0.3, -0.25) is 4.98 Å². The van der Waals surface area contributed by atoms with Gasteiger partial charge in [0, 0.05) is 24.0 Å². The summed E-state index contributed by atoms with van der Waals surface area (Å²) < 4.78 is 60.3. The normalized spacial score (nSPS) is 17.2. The predicted molar refractivity (Wildman–Crippen MR) is 103 cm³/mol. The predicted octanol–water partition coefficient (Wildman–Crippen LogP) is 4.71. The van der Waals surface area contributed by atoms with Crippen LogP contribution in [0.25, 0.3) is 11.0 Å². The molecule has 0 aliphatic carbocycles. The number of pyridine rings is 1. The monoisotopic (exact) mass is 441 g/mol. The molecule has 1 aliphatic heterocycles. The highest BCUT2D eigenvalue weighted by Gasteiger charge is 2.49. The van der Waals surface area contributed by atoms with Gasteiger partial charge in [-0.15, -0.1) is 0 Å². The highest BCUT2D eigenvalue weighted by atomic mass is 32.2. The highest BCUT2D eigenvalue weighted by Crippen LogP contribution is 2.42. The van der Waals surface area contributed by atoms with Crippen LogP contribution in [0, 0.1) is 0 Å². The Kier molecular flexibility index (Phi) is 5.54. The van der Waals surface area contributed by atoms with E-state index >= 15 is 0 Å². The summed E-state index contributed by atoms with van der Waals surface area (Å²) in [6, 6.07) is 4.47. The summed E-state index contributed by atoms with van der Waals surface area (Å²) in [4.78, 5) is 11.8. The van der Waals surface area contributed by atoms with E-state index in [4.69, 9.17) is 9.47 Å². The van der Waals surface area contributed by atoms with Crippen LogP contribution in [0.3, 0.4) is 0 Å². The van der Waals surface area contributed by atoms with Crippen molar-refractivity contribution in [2.24, 2.45) is 0 Å². The molecule has 0 bridgehead atoms. The van der Waals surface area contributed by atoms with Crippen LogP contribution in [0.1, 0.15) is 19.5 Å². The number of aromatic nitrogens is 3. The minimum atomic E-state index is -4.05. The summed E-state index contributed by atoms with van der Waals surface area (Å²) in [6.07, 6.45) is -5.31. The van der Waals surface area contributed by atoms with E-state index in [9.17, 15) is 13.2 Å².